The van der Waals surface area contributed by atoms with Crippen molar-refractivity contribution in [2.45, 2.75) is 24.9 Å². The molecule has 2 aliphatic rings. The average molecular weight is 255 g/mol. The quantitative estimate of drug-likeness (QED) is 0.754. The van der Waals surface area contributed by atoms with E-state index < -0.39 is 0 Å². The van der Waals surface area contributed by atoms with Crippen LogP contribution in [0.3, 0.4) is 0 Å². The van der Waals surface area contributed by atoms with Crippen LogP contribution >= 0.6 is 0 Å². The number of ether oxygens (including phenoxy) is 1. The van der Waals surface area contributed by atoms with Crippen molar-refractivity contribution in [1.29, 1.82) is 0 Å². The Kier molecular flexibility index (Phi) is 4.59. The molecule has 0 aromatic rings. The third-order valence-electron chi connectivity index (χ3n) is 4.00. The molecule has 0 aromatic heterocycles. The third-order valence-corrected chi connectivity index (χ3v) is 4.00. The first-order valence-electron chi connectivity index (χ1n) is 6.83. The van der Waals surface area contributed by atoms with Gasteiger partial charge < -0.3 is 19.9 Å². The first kappa shape index (κ1) is 13.8. The number of carbonyl (C=O) groups is 1. The Hall–Kier alpha value is -0.650. The summed E-state index contributed by atoms with van der Waals surface area (Å²) < 4.78 is 5.44. The first-order valence-corrected chi connectivity index (χ1v) is 6.83. The molecule has 2 rings (SSSR count). The molecule has 2 saturated heterocycles. The predicted octanol–water partition coefficient (Wildman–Crippen LogP) is -0.227. The van der Waals surface area contributed by atoms with Gasteiger partial charge in [-0.05, 0) is 34.0 Å². The Morgan fingerprint density at radius 1 is 1.44 bits per heavy atom. The maximum Gasteiger partial charge on any atom is 0.229 e. The zero-order chi connectivity index (χ0) is 13.1. The Morgan fingerprint density at radius 3 is 2.89 bits per heavy atom. The molecule has 0 bridgehead atoms. The molecule has 1 amide bonds. The Balaban J connectivity index is 1.99. The van der Waals surface area contributed by atoms with E-state index in [4.69, 9.17) is 4.74 Å². The van der Waals surface area contributed by atoms with Crippen LogP contribution in [0.15, 0.2) is 0 Å². The van der Waals surface area contributed by atoms with E-state index in [-0.39, 0.29) is 17.9 Å². The van der Waals surface area contributed by atoms with Crippen molar-refractivity contribution in [3.05, 3.63) is 0 Å². The van der Waals surface area contributed by atoms with E-state index in [1.165, 1.54) is 0 Å². The molecule has 104 valence electrons. The van der Waals surface area contributed by atoms with Crippen molar-refractivity contribution in [2.24, 2.45) is 5.92 Å². The molecule has 3 unspecified atom stereocenters. The van der Waals surface area contributed by atoms with Crippen molar-refractivity contribution in [1.82, 2.24) is 15.1 Å². The van der Waals surface area contributed by atoms with Crippen LogP contribution in [0.1, 0.15) is 12.8 Å². The van der Waals surface area contributed by atoms with Crippen LogP contribution in [0.5, 0.6) is 0 Å². The molecule has 0 spiro atoms. The first-order chi connectivity index (χ1) is 8.63. The summed E-state index contributed by atoms with van der Waals surface area (Å²) in [5.41, 5.74) is 0. The second-order valence-electron chi connectivity index (χ2n) is 5.63. The monoisotopic (exact) mass is 255 g/mol. The van der Waals surface area contributed by atoms with Crippen LogP contribution in [0.4, 0.5) is 0 Å². The summed E-state index contributed by atoms with van der Waals surface area (Å²) in [6, 6.07) is 0.559. The lowest BCUT2D eigenvalue weighted by atomic mass is 10.0. The van der Waals surface area contributed by atoms with Crippen molar-refractivity contribution in [3.8, 4) is 0 Å². The lowest BCUT2D eigenvalue weighted by Gasteiger charge is -2.30. The Bertz CT molecular complexity index is 296. The molecule has 5 nitrogen and oxygen atoms in total. The molecule has 0 saturated carbocycles. The van der Waals surface area contributed by atoms with E-state index in [0.717, 1.165) is 25.9 Å². The summed E-state index contributed by atoms with van der Waals surface area (Å²) in [7, 11) is 6.03. The maximum absolute atomic E-state index is 12.6. The lowest BCUT2D eigenvalue weighted by Crippen LogP contribution is -2.48. The van der Waals surface area contributed by atoms with Gasteiger partial charge in [-0.1, -0.05) is 0 Å². The highest BCUT2D eigenvalue weighted by molar-refractivity contribution is 5.80. The van der Waals surface area contributed by atoms with Crippen LogP contribution < -0.4 is 5.32 Å². The molecule has 2 fully saturated rings. The van der Waals surface area contributed by atoms with E-state index in [0.29, 0.717) is 19.3 Å². The van der Waals surface area contributed by atoms with Gasteiger partial charge >= 0.3 is 0 Å². The molecule has 0 aliphatic carbocycles. The standard InChI is InChI=1S/C13H25N3O2/c1-14-12-9-18-8-11(12)13(17)16-6-4-5-10(16)7-15(2)3/h10-12,14H,4-9H2,1-3H3. The second-order valence-corrected chi connectivity index (χ2v) is 5.63. The van der Waals surface area contributed by atoms with Gasteiger partial charge in [-0.2, -0.15) is 0 Å². The highest BCUT2D eigenvalue weighted by Gasteiger charge is 2.39. The summed E-state index contributed by atoms with van der Waals surface area (Å²) in [6.45, 7) is 3.09. The Labute approximate surface area is 109 Å². The zero-order valence-electron chi connectivity index (χ0n) is 11.7. The van der Waals surface area contributed by atoms with Crippen molar-refractivity contribution >= 4 is 5.91 Å². The number of nitrogens with zero attached hydrogens (tertiary/aromatic N) is 2. The van der Waals surface area contributed by atoms with Crippen LogP contribution in [0, 0.1) is 5.92 Å². The van der Waals surface area contributed by atoms with Gasteiger partial charge in [0.25, 0.3) is 0 Å². The summed E-state index contributed by atoms with van der Waals surface area (Å²) in [5, 5.41) is 3.19. The molecule has 1 N–H and O–H groups in total. The van der Waals surface area contributed by atoms with E-state index in [2.05, 4.69) is 29.2 Å². The fourth-order valence-electron chi connectivity index (χ4n) is 3.03. The summed E-state index contributed by atoms with van der Waals surface area (Å²) >= 11 is 0. The number of hydrogen-bond donors (Lipinski definition) is 1. The normalized spacial score (nSPS) is 32.4. The van der Waals surface area contributed by atoms with Crippen molar-refractivity contribution in [3.63, 3.8) is 0 Å². The summed E-state index contributed by atoms with van der Waals surface area (Å²) in [6.07, 6.45) is 2.25. The zero-order valence-corrected chi connectivity index (χ0v) is 11.7. The van der Waals surface area contributed by atoms with Crippen molar-refractivity contribution in [2.75, 3.05) is 47.4 Å². The van der Waals surface area contributed by atoms with Gasteiger partial charge in [0.15, 0.2) is 0 Å². The Morgan fingerprint density at radius 2 is 2.22 bits per heavy atom. The van der Waals surface area contributed by atoms with Crippen LogP contribution in [0.25, 0.3) is 0 Å². The molecule has 0 aromatic carbocycles. The summed E-state index contributed by atoms with van der Waals surface area (Å²) in [4.78, 5) is 16.8. The number of amides is 1. The minimum Gasteiger partial charge on any atom is -0.379 e. The predicted molar refractivity (Wildman–Crippen MR) is 70.4 cm³/mol. The minimum absolute atomic E-state index is 0.00207. The molecule has 3 atom stereocenters. The molecular formula is C13H25N3O2. The molecular weight excluding hydrogens is 230 g/mol. The molecule has 18 heavy (non-hydrogen) atoms. The van der Waals surface area contributed by atoms with Crippen LogP contribution in [-0.2, 0) is 9.53 Å². The SMILES string of the molecule is CNC1COCC1C(=O)N1CCCC1CN(C)C. The van der Waals surface area contributed by atoms with Gasteiger partial charge in [-0.25, -0.2) is 0 Å². The highest BCUT2D eigenvalue weighted by Crippen LogP contribution is 2.24. The highest BCUT2D eigenvalue weighted by atomic mass is 16.5. The largest absolute Gasteiger partial charge is 0.379 e. The number of likely N-dealkylation sites (N-methyl/N-ethyl adjacent to an activating group) is 2. The van der Waals surface area contributed by atoms with Crippen LogP contribution in [0.2, 0.25) is 0 Å². The van der Waals surface area contributed by atoms with Gasteiger partial charge in [0, 0.05) is 25.2 Å². The van der Waals surface area contributed by atoms with Crippen LogP contribution in [-0.4, -0.2) is 75.2 Å². The smallest absolute Gasteiger partial charge is 0.229 e. The fourth-order valence-corrected chi connectivity index (χ4v) is 3.03. The number of carbonyl (C=O) groups excluding carboxylic acids is 1. The van der Waals surface area contributed by atoms with Gasteiger partial charge in [0.2, 0.25) is 5.91 Å². The number of nitrogens with one attached hydrogen (secondary N) is 1. The average Bonchev–Trinajstić information content (AvgIpc) is 2.95. The summed E-state index contributed by atoms with van der Waals surface area (Å²) in [5.74, 6) is 0.272. The van der Waals surface area contributed by atoms with Gasteiger partial charge in [-0.3, -0.25) is 4.79 Å². The third kappa shape index (κ3) is 2.84. The van der Waals surface area contributed by atoms with Crippen molar-refractivity contribution < 1.29 is 9.53 Å². The van der Waals surface area contributed by atoms with E-state index >= 15 is 0 Å². The van der Waals surface area contributed by atoms with E-state index in [9.17, 15) is 4.79 Å². The number of rotatable bonds is 4. The molecule has 5 heteroatoms. The van der Waals surface area contributed by atoms with E-state index in [1.807, 2.05) is 7.05 Å². The molecule has 2 aliphatic heterocycles. The maximum atomic E-state index is 12.6. The minimum atomic E-state index is -0.00207. The van der Waals surface area contributed by atoms with E-state index in [1.54, 1.807) is 0 Å². The topological polar surface area (TPSA) is 44.8 Å². The lowest BCUT2D eigenvalue weighted by molar-refractivity contribution is -0.137. The molecule has 0 radical (unpaired) electrons. The molecule has 2 heterocycles. The second kappa shape index (κ2) is 5.99. The van der Waals surface area contributed by atoms with Gasteiger partial charge in [0.05, 0.1) is 19.1 Å². The number of likely N-dealkylation sites (tertiary alicyclic amines) is 1. The van der Waals surface area contributed by atoms with Gasteiger partial charge in [0.1, 0.15) is 0 Å². The van der Waals surface area contributed by atoms with Gasteiger partial charge in [-0.15, -0.1) is 0 Å². The fraction of sp³-hybridized carbons (Fsp3) is 0.923. The number of hydrogen-bond acceptors (Lipinski definition) is 4.